The molecule has 2 aromatic rings. The number of aromatic nitrogens is 1. The molecule has 4 nitrogen and oxygen atoms in total. The molecule has 1 heterocycles. The Labute approximate surface area is 165 Å². The average molecular weight is 456 g/mol. The summed E-state index contributed by atoms with van der Waals surface area (Å²) in [7, 11) is 1.83. The van der Waals surface area contributed by atoms with Crippen LogP contribution in [0.2, 0.25) is 0 Å². The number of halogens is 1. The lowest BCUT2D eigenvalue weighted by molar-refractivity contribution is 0.615. The van der Waals surface area contributed by atoms with Crippen LogP contribution >= 0.6 is 35.7 Å². The van der Waals surface area contributed by atoms with Gasteiger partial charge in [-0.25, -0.2) is 0 Å². The molecule has 3 rings (SSSR count). The van der Waals surface area contributed by atoms with Crippen LogP contribution in [0.5, 0.6) is 0 Å². The summed E-state index contributed by atoms with van der Waals surface area (Å²) in [5.41, 5.74) is 2.25. The van der Waals surface area contributed by atoms with Crippen molar-refractivity contribution >= 4 is 52.6 Å². The first-order valence-electron chi connectivity index (χ1n) is 8.12. The van der Waals surface area contributed by atoms with Crippen LogP contribution in [0.1, 0.15) is 24.8 Å². The third-order valence-corrected chi connectivity index (χ3v) is 5.54. The molecular formula is C18H25IN4S. The number of nitrogens with zero attached hydrogens (tertiary/aromatic N) is 2. The SMILES string of the molecule is CN=C(NCc1cccc2cccnc12)NC1CCC(SC)C1.I. The van der Waals surface area contributed by atoms with E-state index in [-0.39, 0.29) is 24.0 Å². The van der Waals surface area contributed by atoms with E-state index in [0.717, 1.165) is 23.3 Å². The number of fused-ring (bicyclic) bond motifs is 1. The summed E-state index contributed by atoms with van der Waals surface area (Å²) < 4.78 is 0. The maximum absolute atomic E-state index is 4.51. The Morgan fingerprint density at radius 1 is 1.29 bits per heavy atom. The highest BCUT2D eigenvalue weighted by Gasteiger charge is 2.24. The van der Waals surface area contributed by atoms with Crippen molar-refractivity contribution < 1.29 is 0 Å². The monoisotopic (exact) mass is 456 g/mol. The van der Waals surface area contributed by atoms with Gasteiger partial charge in [-0.1, -0.05) is 24.3 Å². The molecule has 1 aromatic carbocycles. The lowest BCUT2D eigenvalue weighted by atomic mass is 10.1. The van der Waals surface area contributed by atoms with E-state index < -0.39 is 0 Å². The minimum atomic E-state index is 0. The van der Waals surface area contributed by atoms with Crippen molar-refractivity contribution in [3.8, 4) is 0 Å². The number of pyridine rings is 1. The van der Waals surface area contributed by atoms with E-state index in [1.54, 1.807) is 0 Å². The van der Waals surface area contributed by atoms with E-state index in [1.807, 2.05) is 31.1 Å². The van der Waals surface area contributed by atoms with Crippen molar-refractivity contribution in [3.63, 3.8) is 0 Å². The topological polar surface area (TPSA) is 49.3 Å². The van der Waals surface area contributed by atoms with Crippen LogP contribution in [0.3, 0.4) is 0 Å². The Balaban J connectivity index is 0.00000208. The molecule has 0 radical (unpaired) electrons. The van der Waals surface area contributed by atoms with Gasteiger partial charge < -0.3 is 10.6 Å². The van der Waals surface area contributed by atoms with E-state index in [0.29, 0.717) is 6.04 Å². The van der Waals surface area contributed by atoms with Crippen LogP contribution in [-0.4, -0.2) is 35.5 Å². The van der Waals surface area contributed by atoms with Crippen LogP contribution in [0, 0.1) is 0 Å². The van der Waals surface area contributed by atoms with Crippen molar-refractivity contribution in [1.82, 2.24) is 15.6 Å². The van der Waals surface area contributed by atoms with E-state index >= 15 is 0 Å². The van der Waals surface area contributed by atoms with Crippen LogP contribution in [0.25, 0.3) is 10.9 Å². The molecule has 0 bridgehead atoms. The number of nitrogens with one attached hydrogen (secondary N) is 2. The third-order valence-electron chi connectivity index (χ3n) is 4.44. The predicted molar refractivity (Wildman–Crippen MR) is 115 cm³/mol. The molecule has 0 saturated heterocycles. The summed E-state index contributed by atoms with van der Waals surface area (Å²) in [6, 6.07) is 10.9. The van der Waals surface area contributed by atoms with Crippen LogP contribution in [0.15, 0.2) is 41.5 Å². The summed E-state index contributed by atoms with van der Waals surface area (Å²) in [6.07, 6.45) is 7.79. The Bertz CT molecular complexity index is 686. The van der Waals surface area contributed by atoms with Gasteiger partial charge in [0.1, 0.15) is 0 Å². The van der Waals surface area contributed by atoms with Gasteiger partial charge in [0.25, 0.3) is 0 Å². The van der Waals surface area contributed by atoms with E-state index in [9.17, 15) is 0 Å². The number of thioether (sulfide) groups is 1. The molecule has 0 aliphatic heterocycles. The number of hydrogen-bond donors (Lipinski definition) is 2. The molecule has 0 spiro atoms. The number of para-hydroxylation sites is 1. The fourth-order valence-corrected chi connectivity index (χ4v) is 3.96. The zero-order valence-electron chi connectivity index (χ0n) is 14.2. The first-order valence-corrected chi connectivity index (χ1v) is 9.41. The summed E-state index contributed by atoms with van der Waals surface area (Å²) >= 11 is 1.97. The second-order valence-electron chi connectivity index (χ2n) is 5.93. The molecule has 130 valence electrons. The zero-order chi connectivity index (χ0) is 16.1. The molecule has 1 aromatic heterocycles. The van der Waals surface area contributed by atoms with Crippen molar-refractivity contribution in [2.45, 2.75) is 37.1 Å². The number of aliphatic imine (C=N–C) groups is 1. The predicted octanol–water partition coefficient (Wildman–Crippen LogP) is 3.80. The van der Waals surface area contributed by atoms with Gasteiger partial charge in [0.05, 0.1) is 5.52 Å². The number of hydrogen-bond acceptors (Lipinski definition) is 3. The minimum absolute atomic E-state index is 0. The molecule has 1 fully saturated rings. The Morgan fingerprint density at radius 2 is 2.12 bits per heavy atom. The fraction of sp³-hybridized carbons (Fsp3) is 0.444. The van der Waals surface area contributed by atoms with Gasteiger partial charge in [-0.05, 0) is 37.1 Å². The maximum atomic E-state index is 4.51. The molecule has 1 saturated carbocycles. The molecule has 1 aliphatic carbocycles. The summed E-state index contributed by atoms with van der Waals surface area (Å²) in [5.74, 6) is 0.879. The lowest BCUT2D eigenvalue weighted by Crippen LogP contribution is -2.42. The lowest BCUT2D eigenvalue weighted by Gasteiger charge is -2.17. The minimum Gasteiger partial charge on any atom is -0.354 e. The standard InChI is InChI=1S/C18H24N4S.HI/c1-19-18(22-15-8-9-16(11-15)23-2)21-12-14-6-3-5-13-7-4-10-20-17(13)14;/h3-7,10,15-16H,8-9,11-12H2,1-2H3,(H2,19,21,22);1H. The molecule has 2 unspecified atom stereocenters. The van der Waals surface area contributed by atoms with E-state index in [4.69, 9.17) is 0 Å². The van der Waals surface area contributed by atoms with E-state index in [1.165, 1.54) is 30.2 Å². The van der Waals surface area contributed by atoms with Gasteiger partial charge in [0.2, 0.25) is 0 Å². The number of guanidine groups is 1. The Hall–Kier alpha value is -1.02. The third kappa shape index (κ3) is 4.75. The first-order chi connectivity index (χ1) is 11.3. The molecule has 2 atom stereocenters. The Morgan fingerprint density at radius 3 is 2.88 bits per heavy atom. The maximum Gasteiger partial charge on any atom is 0.191 e. The summed E-state index contributed by atoms with van der Waals surface area (Å²) in [6.45, 7) is 0.729. The fourth-order valence-electron chi connectivity index (χ4n) is 3.16. The highest BCUT2D eigenvalue weighted by atomic mass is 127. The largest absolute Gasteiger partial charge is 0.354 e. The molecule has 6 heteroatoms. The molecule has 1 aliphatic rings. The first kappa shape index (κ1) is 19.3. The normalized spacial score (nSPS) is 20.7. The Kier molecular flexibility index (Phi) is 7.61. The van der Waals surface area contributed by atoms with Gasteiger partial charge in [0, 0.05) is 36.5 Å². The molecule has 0 amide bonds. The second kappa shape index (κ2) is 9.46. The average Bonchev–Trinajstić information content (AvgIpc) is 3.06. The molecular weight excluding hydrogens is 431 g/mol. The molecule has 24 heavy (non-hydrogen) atoms. The van der Waals surface area contributed by atoms with Crippen LogP contribution in [0.4, 0.5) is 0 Å². The molecule has 2 N–H and O–H groups in total. The van der Waals surface area contributed by atoms with Gasteiger partial charge in [-0.3, -0.25) is 9.98 Å². The highest BCUT2D eigenvalue weighted by molar-refractivity contribution is 14.0. The van der Waals surface area contributed by atoms with Gasteiger partial charge in [-0.2, -0.15) is 11.8 Å². The summed E-state index contributed by atoms with van der Waals surface area (Å²) in [4.78, 5) is 8.87. The zero-order valence-corrected chi connectivity index (χ0v) is 17.3. The van der Waals surface area contributed by atoms with Gasteiger partial charge in [0.15, 0.2) is 5.96 Å². The highest BCUT2D eigenvalue weighted by Crippen LogP contribution is 2.28. The van der Waals surface area contributed by atoms with E-state index in [2.05, 4.69) is 51.1 Å². The van der Waals surface area contributed by atoms with Gasteiger partial charge in [-0.15, -0.1) is 24.0 Å². The van der Waals surface area contributed by atoms with Crippen molar-refractivity contribution in [2.75, 3.05) is 13.3 Å². The number of benzene rings is 1. The number of rotatable bonds is 4. The smallest absolute Gasteiger partial charge is 0.191 e. The van der Waals surface area contributed by atoms with Crippen molar-refractivity contribution in [3.05, 3.63) is 42.1 Å². The van der Waals surface area contributed by atoms with Crippen LogP contribution in [-0.2, 0) is 6.54 Å². The van der Waals surface area contributed by atoms with Crippen molar-refractivity contribution in [1.29, 1.82) is 0 Å². The van der Waals surface area contributed by atoms with Gasteiger partial charge >= 0.3 is 0 Å². The van der Waals surface area contributed by atoms with Crippen molar-refractivity contribution in [2.24, 2.45) is 4.99 Å². The quantitative estimate of drug-likeness (QED) is 0.418. The van der Waals surface area contributed by atoms with Crippen LogP contribution < -0.4 is 10.6 Å². The second-order valence-corrected chi connectivity index (χ2v) is 7.07. The summed E-state index contributed by atoms with van der Waals surface area (Å²) in [5, 5.41) is 8.94.